The molecule has 0 spiro atoms. The van der Waals surface area contributed by atoms with E-state index < -0.39 is 17.5 Å². The lowest BCUT2D eigenvalue weighted by Gasteiger charge is -2.09. The normalized spacial score (nSPS) is 10.3. The number of nitrogens with zero attached hydrogens (tertiary/aromatic N) is 1. The van der Waals surface area contributed by atoms with Crippen LogP contribution in [0.4, 0.5) is 11.4 Å². The van der Waals surface area contributed by atoms with E-state index in [4.69, 9.17) is 4.74 Å². The van der Waals surface area contributed by atoms with E-state index in [1.165, 1.54) is 23.5 Å². The number of anilines is 1. The lowest BCUT2D eigenvalue weighted by molar-refractivity contribution is -0.384. The van der Waals surface area contributed by atoms with E-state index in [0.29, 0.717) is 17.1 Å². The van der Waals surface area contributed by atoms with Crippen molar-refractivity contribution in [1.29, 1.82) is 0 Å². The Balaban J connectivity index is 1.68. The van der Waals surface area contributed by atoms with Gasteiger partial charge >= 0.3 is 5.97 Å². The van der Waals surface area contributed by atoms with Crippen LogP contribution in [0.2, 0.25) is 0 Å². The van der Waals surface area contributed by atoms with Crippen LogP contribution in [-0.4, -0.2) is 23.3 Å². The van der Waals surface area contributed by atoms with Gasteiger partial charge in [-0.2, -0.15) is 0 Å². The van der Waals surface area contributed by atoms with E-state index in [1.807, 2.05) is 30.3 Å². The second kappa shape index (κ2) is 8.92. The zero-order valence-corrected chi connectivity index (χ0v) is 15.5. The molecule has 0 unspecified atom stereocenters. The van der Waals surface area contributed by atoms with Crippen molar-refractivity contribution < 1.29 is 19.2 Å². The molecule has 8 heteroatoms. The Hall–Kier alpha value is -3.52. The number of thiophene rings is 1. The average molecular weight is 396 g/mol. The minimum atomic E-state index is -0.789. The van der Waals surface area contributed by atoms with Crippen LogP contribution in [0, 0.1) is 10.1 Å². The van der Waals surface area contributed by atoms with Gasteiger partial charge in [0, 0.05) is 12.6 Å². The molecule has 0 aliphatic heterocycles. The number of carbonyl (C=O) groups is 2. The van der Waals surface area contributed by atoms with Crippen molar-refractivity contribution in [1.82, 2.24) is 0 Å². The number of esters is 1. The molecule has 0 amide bonds. The van der Waals surface area contributed by atoms with Crippen LogP contribution >= 0.6 is 11.3 Å². The summed E-state index contributed by atoms with van der Waals surface area (Å²) in [6.07, 6.45) is 0. The summed E-state index contributed by atoms with van der Waals surface area (Å²) in [6, 6.07) is 16.8. The fourth-order valence-electron chi connectivity index (χ4n) is 2.48. The van der Waals surface area contributed by atoms with Crippen molar-refractivity contribution in [3.63, 3.8) is 0 Å². The quantitative estimate of drug-likeness (QED) is 0.264. The highest BCUT2D eigenvalue weighted by Gasteiger charge is 2.19. The molecule has 2 aromatic carbocycles. The van der Waals surface area contributed by atoms with Crippen molar-refractivity contribution >= 4 is 34.5 Å². The van der Waals surface area contributed by atoms with Crippen LogP contribution in [0.3, 0.4) is 0 Å². The summed E-state index contributed by atoms with van der Waals surface area (Å²) < 4.78 is 4.99. The number of ketones is 1. The SMILES string of the molecule is O=C(OCC(=O)c1cccs1)c1ccc(NCc2ccccc2)c([N+](=O)[O-])c1. The largest absolute Gasteiger partial charge is 0.454 e. The van der Waals surface area contributed by atoms with Gasteiger partial charge in [-0.1, -0.05) is 36.4 Å². The molecule has 0 bridgehead atoms. The summed E-state index contributed by atoms with van der Waals surface area (Å²) >= 11 is 1.25. The number of hydrogen-bond donors (Lipinski definition) is 1. The van der Waals surface area contributed by atoms with Gasteiger partial charge < -0.3 is 10.1 Å². The van der Waals surface area contributed by atoms with Crippen molar-refractivity contribution in [2.45, 2.75) is 6.54 Å². The molecule has 0 radical (unpaired) electrons. The first-order valence-electron chi connectivity index (χ1n) is 8.34. The molecular formula is C20H16N2O5S. The fraction of sp³-hybridized carbons (Fsp3) is 0.100. The first-order valence-corrected chi connectivity index (χ1v) is 9.22. The Kier molecular flexibility index (Phi) is 6.13. The zero-order valence-electron chi connectivity index (χ0n) is 14.7. The summed E-state index contributed by atoms with van der Waals surface area (Å²) in [5, 5.41) is 16.1. The molecule has 3 aromatic rings. The summed E-state index contributed by atoms with van der Waals surface area (Å²) in [4.78, 5) is 35.4. The third kappa shape index (κ3) is 4.80. The lowest BCUT2D eigenvalue weighted by Crippen LogP contribution is -2.14. The predicted octanol–water partition coefficient (Wildman–Crippen LogP) is 4.31. The molecule has 0 aliphatic carbocycles. The summed E-state index contributed by atoms with van der Waals surface area (Å²) in [7, 11) is 0. The fourth-order valence-corrected chi connectivity index (χ4v) is 3.13. The minimum Gasteiger partial charge on any atom is -0.454 e. The van der Waals surface area contributed by atoms with Gasteiger partial charge in [0.25, 0.3) is 5.69 Å². The van der Waals surface area contributed by atoms with Gasteiger partial charge in [-0.05, 0) is 29.1 Å². The number of rotatable bonds is 8. The topological polar surface area (TPSA) is 98.5 Å². The number of carbonyl (C=O) groups excluding carboxylic acids is 2. The molecule has 0 fully saturated rings. The van der Waals surface area contributed by atoms with Crippen molar-refractivity contribution in [2.24, 2.45) is 0 Å². The monoisotopic (exact) mass is 396 g/mol. The van der Waals surface area contributed by atoms with E-state index in [0.717, 1.165) is 11.6 Å². The highest BCUT2D eigenvalue weighted by Crippen LogP contribution is 2.26. The van der Waals surface area contributed by atoms with Gasteiger partial charge in [0.05, 0.1) is 15.4 Å². The maximum Gasteiger partial charge on any atom is 0.338 e. The standard InChI is InChI=1S/C20H16N2O5S/c23-18(19-7-4-10-28-19)13-27-20(24)15-8-9-16(17(11-15)22(25)26)21-12-14-5-2-1-3-6-14/h1-11,21H,12-13H2. The van der Waals surface area contributed by atoms with Crippen LogP contribution in [-0.2, 0) is 11.3 Å². The number of nitro benzene ring substituents is 1. The number of ether oxygens (including phenoxy) is 1. The number of benzene rings is 2. The molecule has 0 saturated carbocycles. The van der Waals surface area contributed by atoms with Gasteiger partial charge in [0.2, 0.25) is 5.78 Å². The van der Waals surface area contributed by atoms with Gasteiger partial charge in [-0.25, -0.2) is 4.79 Å². The number of nitrogens with one attached hydrogen (secondary N) is 1. The van der Waals surface area contributed by atoms with Crippen LogP contribution in [0.5, 0.6) is 0 Å². The van der Waals surface area contributed by atoms with Crippen LogP contribution in [0.25, 0.3) is 0 Å². The Morgan fingerprint density at radius 1 is 1.07 bits per heavy atom. The van der Waals surface area contributed by atoms with Crippen molar-refractivity contribution in [3.8, 4) is 0 Å². The number of Topliss-reactive ketones (excluding diaryl/α,β-unsaturated/α-hetero) is 1. The van der Waals surface area contributed by atoms with Gasteiger partial charge in [-0.3, -0.25) is 14.9 Å². The Morgan fingerprint density at radius 3 is 2.54 bits per heavy atom. The first kappa shape index (κ1) is 19.2. The molecule has 0 aliphatic rings. The van der Waals surface area contributed by atoms with Crippen molar-refractivity contribution in [3.05, 3.63) is 92.2 Å². The molecule has 7 nitrogen and oxygen atoms in total. The van der Waals surface area contributed by atoms with E-state index in [2.05, 4.69) is 5.32 Å². The smallest absolute Gasteiger partial charge is 0.338 e. The molecule has 1 heterocycles. The number of nitro groups is 1. The molecule has 3 rings (SSSR count). The Morgan fingerprint density at radius 2 is 1.86 bits per heavy atom. The molecule has 28 heavy (non-hydrogen) atoms. The Bertz CT molecular complexity index is 987. The van der Waals surface area contributed by atoms with Crippen LogP contribution in [0.15, 0.2) is 66.0 Å². The molecule has 1 N–H and O–H groups in total. The van der Waals surface area contributed by atoms with Crippen LogP contribution in [0.1, 0.15) is 25.6 Å². The second-order valence-corrected chi connectivity index (χ2v) is 6.75. The van der Waals surface area contributed by atoms with Gasteiger partial charge in [-0.15, -0.1) is 11.3 Å². The summed E-state index contributed by atoms with van der Waals surface area (Å²) in [5.41, 5.74) is 1.03. The third-order valence-corrected chi connectivity index (χ3v) is 4.80. The van der Waals surface area contributed by atoms with E-state index in [-0.39, 0.29) is 17.0 Å². The first-order chi connectivity index (χ1) is 13.5. The maximum absolute atomic E-state index is 12.2. The second-order valence-electron chi connectivity index (χ2n) is 5.80. The molecular weight excluding hydrogens is 380 g/mol. The van der Waals surface area contributed by atoms with E-state index in [1.54, 1.807) is 17.5 Å². The molecule has 142 valence electrons. The third-order valence-electron chi connectivity index (χ3n) is 3.89. The van der Waals surface area contributed by atoms with E-state index >= 15 is 0 Å². The zero-order chi connectivity index (χ0) is 19.9. The van der Waals surface area contributed by atoms with Gasteiger partial charge in [0.15, 0.2) is 6.61 Å². The molecule has 0 saturated heterocycles. The average Bonchev–Trinajstić information content (AvgIpc) is 3.26. The lowest BCUT2D eigenvalue weighted by atomic mass is 10.1. The highest BCUT2D eigenvalue weighted by atomic mass is 32.1. The van der Waals surface area contributed by atoms with Crippen molar-refractivity contribution in [2.75, 3.05) is 11.9 Å². The number of hydrogen-bond acceptors (Lipinski definition) is 7. The predicted molar refractivity (Wildman–Crippen MR) is 106 cm³/mol. The minimum absolute atomic E-state index is 0.0101. The van der Waals surface area contributed by atoms with Crippen LogP contribution < -0.4 is 5.32 Å². The molecule has 1 aromatic heterocycles. The summed E-state index contributed by atoms with van der Waals surface area (Å²) in [6.45, 7) is -0.0120. The summed E-state index contributed by atoms with van der Waals surface area (Å²) in [5.74, 6) is -1.11. The Labute approximate surface area is 164 Å². The molecule has 0 atom stereocenters. The maximum atomic E-state index is 12.2. The van der Waals surface area contributed by atoms with E-state index in [9.17, 15) is 19.7 Å². The van der Waals surface area contributed by atoms with Gasteiger partial charge in [0.1, 0.15) is 5.69 Å². The highest BCUT2D eigenvalue weighted by molar-refractivity contribution is 7.12.